The van der Waals surface area contributed by atoms with Crippen LogP contribution in [0.25, 0.3) is 5.70 Å². The van der Waals surface area contributed by atoms with E-state index in [4.69, 9.17) is 21.3 Å². The first-order valence-corrected chi connectivity index (χ1v) is 12.6. The molecule has 0 aliphatic carbocycles. The monoisotopic (exact) mass is 543 g/mol. The largest absolute Gasteiger partial charge is 0.487 e. The van der Waals surface area contributed by atoms with E-state index < -0.39 is 17.2 Å². The molecule has 0 unspecified atom stereocenters. The quantitative estimate of drug-likeness (QED) is 0.224. The minimum Gasteiger partial charge on any atom is -0.487 e. The van der Waals surface area contributed by atoms with Crippen molar-refractivity contribution in [3.8, 4) is 5.75 Å². The Hall–Kier alpha value is -3.45. The smallest absolute Gasteiger partial charge is 0.277 e. The van der Waals surface area contributed by atoms with Crippen molar-refractivity contribution in [2.75, 3.05) is 13.7 Å². The Morgan fingerprint density at radius 1 is 1.26 bits per heavy atom. The number of rotatable bonds is 10. The lowest BCUT2D eigenvalue weighted by Crippen LogP contribution is -2.37. The summed E-state index contributed by atoms with van der Waals surface area (Å²) in [6.07, 6.45) is 9.60. The molecule has 0 amide bonds. The topological polar surface area (TPSA) is 46.8 Å². The number of likely N-dealkylation sites (N-methyl/N-ethyl adjacent to an activating group) is 1. The van der Waals surface area contributed by atoms with E-state index in [1.54, 1.807) is 13.0 Å². The molecule has 0 N–H and O–H groups in total. The van der Waals surface area contributed by atoms with E-state index in [1.807, 2.05) is 64.1 Å². The number of aliphatic imine (C=N–C) groups is 1. The number of allylic oxidation sites excluding steroid dienone is 7. The van der Waals surface area contributed by atoms with Crippen LogP contribution in [0.5, 0.6) is 5.75 Å². The van der Waals surface area contributed by atoms with Crippen LogP contribution >= 0.6 is 11.6 Å². The van der Waals surface area contributed by atoms with Gasteiger partial charge in [-0.05, 0) is 51.3 Å². The first kappa shape index (κ1) is 30.8. The molecule has 0 radical (unpaired) electrons. The molecule has 1 aliphatic rings. The van der Waals surface area contributed by atoms with Gasteiger partial charge in [0.05, 0.1) is 17.5 Å². The molecule has 1 aliphatic heterocycles. The van der Waals surface area contributed by atoms with Gasteiger partial charge in [0, 0.05) is 42.4 Å². The van der Waals surface area contributed by atoms with E-state index in [-0.39, 0.29) is 34.9 Å². The standard InChI is InChI=1S/C30H36ClF2N3O2/c1-10-12-25(34-22(8)18(3)4)27-15-26(19(5)16-35(27)9)36-21(7)13-28(29(31)30(36)37)38-17-20(6)24(33)14-23(32)11-2/h10-16,18,27H,6,8,17H2,1-5,7,9H3/b12-10-,23-11+,24-14+,34-25?/t27-/m1/s1. The number of hydrogen-bond acceptors (Lipinski definition) is 4. The second kappa shape index (κ2) is 13.4. The lowest BCUT2D eigenvalue weighted by Gasteiger charge is -2.32. The van der Waals surface area contributed by atoms with Gasteiger partial charge in [-0.25, -0.2) is 8.78 Å². The molecular formula is C30H36ClF2N3O2. The van der Waals surface area contributed by atoms with E-state index in [9.17, 15) is 13.6 Å². The van der Waals surface area contributed by atoms with Gasteiger partial charge in [-0.3, -0.25) is 14.4 Å². The van der Waals surface area contributed by atoms with Crippen molar-refractivity contribution in [3.63, 3.8) is 0 Å². The molecule has 1 atom stereocenters. The molecule has 1 aromatic heterocycles. The van der Waals surface area contributed by atoms with Crippen LogP contribution in [0.4, 0.5) is 8.78 Å². The van der Waals surface area contributed by atoms with Gasteiger partial charge in [-0.15, -0.1) is 0 Å². The van der Waals surface area contributed by atoms with Crippen molar-refractivity contribution in [1.29, 1.82) is 0 Å². The average Bonchev–Trinajstić information content (AvgIpc) is 2.85. The Labute approximate surface area is 229 Å². The van der Waals surface area contributed by atoms with Crippen LogP contribution in [-0.4, -0.2) is 34.9 Å². The predicted octanol–water partition coefficient (Wildman–Crippen LogP) is 7.72. The number of hydrogen-bond donors (Lipinski definition) is 0. The molecular weight excluding hydrogens is 508 g/mol. The minimum absolute atomic E-state index is 0.0849. The number of aryl methyl sites for hydroxylation is 1. The molecule has 38 heavy (non-hydrogen) atoms. The van der Waals surface area contributed by atoms with Gasteiger partial charge in [-0.1, -0.05) is 50.8 Å². The molecule has 0 saturated carbocycles. The third-order valence-corrected chi connectivity index (χ3v) is 6.30. The summed E-state index contributed by atoms with van der Waals surface area (Å²) in [5, 5.41) is -0.160. The Kier molecular flexibility index (Phi) is 10.8. The summed E-state index contributed by atoms with van der Waals surface area (Å²) in [5.74, 6) is -1.32. The molecule has 0 bridgehead atoms. The molecule has 0 saturated heterocycles. The summed E-state index contributed by atoms with van der Waals surface area (Å²) in [6.45, 7) is 18.4. The average molecular weight is 544 g/mol. The van der Waals surface area contributed by atoms with Gasteiger partial charge < -0.3 is 9.64 Å². The number of aromatic nitrogens is 1. The summed E-state index contributed by atoms with van der Waals surface area (Å²) in [5.41, 5.74) is 3.06. The first-order chi connectivity index (χ1) is 17.8. The van der Waals surface area contributed by atoms with Crippen molar-refractivity contribution < 1.29 is 13.5 Å². The molecule has 8 heteroatoms. The lowest BCUT2D eigenvalue weighted by atomic mass is 10.0. The first-order valence-electron chi connectivity index (χ1n) is 12.3. The van der Waals surface area contributed by atoms with Gasteiger partial charge in [0.25, 0.3) is 5.56 Å². The lowest BCUT2D eigenvalue weighted by molar-refractivity contribution is 0.347. The van der Waals surface area contributed by atoms with Gasteiger partial charge >= 0.3 is 0 Å². The van der Waals surface area contributed by atoms with Crippen molar-refractivity contribution in [2.45, 2.75) is 47.6 Å². The predicted molar refractivity (Wildman–Crippen MR) is 155 cm³/mol. The highest BCUT2D eigenvalue weighted by Crippen LogP contribution is 2.29. The molecule has 0 spiro atoms. The second-order valence-electron chi connectivity index (χ2n) is 9.32. The zero-order valence-corrected chi connectivity index (χ0v) is 23.9. The van der Waals surface area contributed by atoms with Crippen LogP contribution in [0, 0.1) is 12.8 Å². The van der Waals surface area contributed by atoms with Crippen LogP contribution in [-0.2, 0) is 0 Å². The maximum atomic E-state index is 14.1. The molecule has 5 nitrogen and oxygen atoms in total. The molecule has 2 rings (SSSR count). The van der Waals surface area contributed by atoms with Crippen LogP contribution in [0.3, 0.4) is 0 Å². The SMILES string of the molecule is C=C(COc1cc(C)n(C2=C[C@H](C(/C=C\C)=NC(=C)C(C)C)N(C)C=C2C)c(=O)c1Cl)/C(F)=C\C(F)=C/C. The zero-order valence-electron chi connectivity index (χ0n) is 23.1. The summed E-state index contributed by atoms with van der Waals surface area (Å²) >= 11 is 6.42. The maximum absolute atomic E-state index is 14.1. The van der Waals surface area contributed by atoms with Gasteiger partial charge in [-0.2, -0.15) is 0 Å². The number of ether oxygens (including phenoxy) is 1. The fraction of sp³-hybridized carbons (Fsp3) is 0.333. The van der Waals surface area contributed by atoms with Crippen molar-refractivity contribution in [3.05, 3.63) is 105 Å². The molecule has 1 aromatic rings. The molecule has 0 fully saturated rings. The van der Waals surface area contributed by atoms with Crippen molar-refractivity contribution in [2.24, 2.45) is 10.9 Å². The molecule has 204 valence electrons. The summed E-state index contributed by atoms with van der Waals surface area (Å²) < 4.78 is 34.6. The summed E-state index contributed by atoms with van der Waals surface area (Å²) in [4.78, 5) is 20.2. The fourth-order valence-electron chi connectivity index (χ4n) is 3.69. The van der Waals surface area contributed by atoms with Crippen LogP contribution < -0.4 is 10.3 Å². The Morgan fingerprint density at radius 3 is 2.50 bits per heavy atom. The Balaban J connectivity index is 2.50. The van der Waals surface area contributed by atoms with Crippen LogP contribution in [0.2, 0.25) is 5.02 Å². The van der Waals surface area contributed by atoms with Crippen molar-refractivity contribution >= 4 is 23.0 Å². The van der Waals surface area contributed by atoms with E-state index in [2.05, 4.69) is 13.2 Å². The second-order valence-corrected chi connectivity index (χ2v) is 9.70. The third kappa shape index (κ3) is 7.32. The minimum atomic E-state index is -0.858. The van der Waals surface area contributed by atoms with Gasteiger partial charge in [0.2, 0.25) is 0 Å². The third-order valence-electron chi connectivity index (χ3n) is 5.96. The van der Waals surface area contributed by atoms with Crippen LogP contribution in [0.15, 0.2) is 94.1 Å². The maximum Gasteiger partial charge on any atom is 0.277 e. The highest BCUT2D eigenvalue weighted by Gasteiger charge is 2.25. The zero-order chi connectivity index (χ0) is 28.7. The van der Waals surface area contributed by atoms with E-state index in [1.165, 1.54) is 11.5 Å². The van der Waals surface area contributed by atoms with E-state index >= 15 is 0 Å². The molecule has 2 heterocycles. The van der Waals surface area contributed by atoms with Gasteiger partial charge in [0.1, 0.15) is 29.0 Å². The fourth-order valence-corrected chi connectivity index (χ4v) is 3.88. The number of pyridine rings is 1. The van der Waals surface area contributed by atoms with E-state index in [0.717, 1.165) is 29.1 Å². The Bertz CT molecular complexity index is 1340. The van der Waals surface area contributed by atoms with Crippen LogP contribution in [0.1, 0.15) is 40.3 Å². The number of halogens is 3. The normalized spacial score (nSPS) is 17.2. The van der Waals surface area contributed by atoms with Gasteiger partial charge in [0.15, 0.2) is 0 Å². The summed E-state index contributed by atoms with van der Waals surface area (Å²) in [7, 11) is 1.95. The molecule has 0 aromatic carbocycles. The highest BCUT2D eigenvalue weighted by atomic mass is 35.5. The Morgan fingerprint density at radius 2 is 1.92 bits per heavy atom. The van der Waals surface area contributed by atoms with E-state index in [0.29, 0.717) is 11.4 Å². The van der Waals surface area contributed by atoms with Crippen molar-refractivity contribution in [1.82, 2.24) is 9.47 Å². The highest BCUT2D eigenvalue weighted by molar-refractivity contribution is 6.31. The number of nitrogens with zero attached hydrogens (tertiary/aromatic N) is 3. The summed E-state index contributed by atoms with van der Waals surface area (Å²) in [6, 6.07) is 1.35.